The number of hydrogen-bond acceptors (Lipinski definition) is 6. The maximum atomic E-state index is 12.4. The van der Waals surface area contributed by atoms with Crippen molar-refractivity contribution in [2.24, 2.45) is 0 Å². The van der Waals surface area contributed by atoms with E-state index in [1.54, 1.807) is 29.2 Å². The first-order valence-corrected chi connectivity index (χ1v) is 10.5. The van der Waals surface area contributed by atoms with E-state index in [-0.39, 0.29) is 30.0 Å². The fourth-order valence-corrected chi connectivity index (χ4v) is 4.37. The van der Waals surface area contributed by atoms with Gasteiger partial charge in [-0.2, -0.15) is 0 Å². The van der Waals surface area contributed by atoms with Gasteiger partial charge in [0.2, 0.25) is 5.91 Å². The summed E-state index contributed by atoms with van der Waals surface area (Å²) >= 11 is 1.43. The number of benzene rings is 2. The summed E-state index contributed by atoms with van der Waals surface area (Å²) in [7, 11) is 0. The van der Waals surface area contributed by atoms with Gasteiger partial charge in [-0.1, -0.05) is 18.2 Å². The van der Waals surface area contributed by atoms with Crippen LogP contribution >= 0.6 is 11.3 Å². The molecule has 0 atom stereocenters. The number of amides is 2. The summed E-state index contributed by atoms with van der Waals surface area (Å²) < 4.78 is 0.988. The molecule has 0 fully saturated rings. The molecule has 0 spiro atoms. The zero-order valence-corrected chi connectivity index (χ0v) is 17.6. The molecule has 0 unspecified atom stereocenters. The van der Waals surface area contributed by atoms with Crippen molar-refractivity contribution in [3.8, 4) is 0 Å². The molecule has 31 heavy (non-hydrogen) atoms. The van der Waals surface area contributed by atoms with Gasteiger partial charge in [-0.15, -0.1) is 11.3 Å². The van der Waals surface area contributed by atoms with Crippen LogP contribution in [0.2, 0.25) is 0 Å². The minimum atomic E-state index is -0.276. The van der Waals surface area contributed by atoms with Gasteiger partial charge in [-0.3, -0.25) is 15.0 Å². The summed E-state index contributed by atoms with van der Waals surface area (Å²) in [6.07, 6.45) is 0. The molecule has 2 amide bonds. The second-order valence-electron chi connectivity index (χ2n) is 7.03. The number of carbonyl (C=O) groups excluding carboxylic acids is 2. The van der Waals surface area contributed by atoms with Gasteiger partial charge in [-0.05, 0) is 30.3 Å². The molecule has 9 heteroatoms. The Kier molecular flexibility index (Phi) is 5.68. The van der Waals surface area contributed by atoms with Crippen molar-refractivity contribution in [3.63, 3.8) is 0 Å². The van der Waals surface area contributed by atoms with E-state index in [0.717, 1.165) is 10.2 Å². The van der Waals surface area contributed by atoms with Crippen LogP contribution < -0.4 is 15.5 Å². The number of nitrogens with one attached hydrogen (secondary N) is 3. The fraction of sp³-hybridized carbons (Fsp3) is 0.182. The summed E-state index contributed by atoms with van der Waals surface area (Å²) in [4.78, 5) is 29.5. The fourth-order valence-electron chi connectivity index (χ4n) is 3.34. The van der Waals surface area contributed by atoms with Crippen molar-refractivity contribution < 1.29 is 14.7 Å². The first kappa shape index (κ1) is 20.5. The summed E-state index contributed by atoms with van der Waals surface area (Å²) in [6.45, 7) is 2.22. The monoisotopic (exact) mass is 435 g/mol. The SMILES string of the molecule is CC(=O)NCCNC(=O)c1cccc(N2CC(O)=C(c3nc4ccccc4s3)C2=N)c1. The average molecular weight is 436 g/mol. The van der Waals surface area contributed by atoms with E-state index in [2.05, 4.69) is 15.6 Å². The zero-order chi connectivity index (χ0) is 22.0. The number of thiazole rings is 1. The molecule has 2 heterocycles. The molecule has 4 N–H and O–H groups in total. The van der Waals surface area contributed by atoms with Crippen molar-refractivity contribution in [1.82, 2.24) is 15.6 Å². The standard InChI is InChI=1S/C22H21N5O3S/c1-13(28)24-9-10-25-21(30)14-5-4-6-15(11-14)27-12-17(29)19(20(27)23)22-26-16-7-2-3-8-18(16)31-22/h2-8,11,23,29H,9-10,12H2,1H3,(H,24,28)(H,25,30). The van der Waals surface area contributed by atoms with Crippen molar-refractivity contribution in [1.29, 1.82) is 5.41 Å². The first-order valence-electron chi connectivity index (χ1n) is 9.71. The zero-order valence-electron chi connectivity index (χ0n) is 16.8. The number of rotatable bonds is 6. The normalized spacial score (nSPS) is 13.7. The van der Waals surface area contributed by atoms with E-state index in [1.807, 2.05) is 24.3 Å². The average Bonchev–Trinajstić information content (AvgIpc) is 3.30. The predicted molar refractivity (Wildman–Crippen MR) is 122 cm³/mol. The Morgan fingerprint density at radius 3 is 2.71 bits per heavy atom. The van der Waals surface area contributed by atoms with Crippen LogP contribution in [0.3, 0.4) is 0 Å². The highest BCUT2D eigenvalue weighted by atomic mass is 32.1. The molecule has 1 aliphatic rings. The number of anilines is 1. The Morgan fingerprint density at radius 1 is 1.16 bits per heavy atom. The molecule has 0 saturated heterocycles. The van der Waals surface area contributed by atoms with Gasteiger partial charge in [0.25, 0.3) is 5.91 Å². The lowest BCUT2D eigenvalue weighted by molar-refractivity contribution is -0.118. The number of fused-ring (bicyclic) bond motifs is 1. The van der Waals surface area contributed by atoms with E-state index in [9.17, 15) is 14.7 Å². The van der Waals surface area contributed by atoms with Gasteiger partial charge < -0.3 is 20.6 Å². The van der Waals surface area contributed by atoms with Gasteiger partial charge in [-0.25, -0.2) is 4.98 Å². The topological polar surface area (TPSA) is 118 Å². The van der Waals surface area contributed by atoms with Crippen LogP contribution in [-0.4, -0.2) is 47.4 Å². The molecular weight excluding hydrogens is 414 g/mol. The quantitative estimate of drug-likeness (QED) is 0.444. The number of aliphatic hydroxyl groups excluding tert-OH is 1. The van der Waals surface area contributed by atoms with E-state index < -0.39 is 0 Å². The molecule has 1 aliphatic heterocycles. The number of nitrogens with zero attached hydrogens (tertiary/aromatic N) is 2. The summed E-state index contributed by atoms with van der Waals surface area (Å²) in [6, 6.07) is 14.6. The van der Waals surface area contributed by atoms with Gasteiger partial charge in [0.15, 0.2) is 0 Å². The lowest BCUT2D eigenvalue weighted by atomic mass is 10.1. The molecule has 4 rings (SSSR count). The second kappa shape index (κ2) is 8.57. The Hall–Kier alpha value is -3.72. The maximum absolute atomic E-state index is 12.4. The van der Waals surface area contributed by atoms with Crippen LogP contribution in [0.15, 0.2) is 54.3 Å². The van der Waals surface area contributed by atoms with Crippen molar-refractivity contribution in [3.05, 3.63) is 64.9 Å². The summed E-state index contributed by atoms with van der Waals surface area (Å²) in [5, 5.41) is 25.2. The number of para-hydroxylation sites is 1. The molecule has 158 valence electrons. The first-order chi connectivity index (χ1) is 14.9. The molecule has 1 aromatic heterocycles. The third-order valence-electron chi connectivity index (χ3n) is 4.82. The van der Waals surface area contributed by atoms with Gasteiger partial charge in [0.05, 0.1) is 22.3 Å². The minimum absolute atomic E-state index is 0.0780. The Labute approximate surface area is 182 Å². The van der Waals surface area contributed by atoms with Crippen LogP contribution in [0, 0.1) is 5.41 Å². The Morgan fingerprint density at radius 2 is 1.94 bits per heavy atom. The molecule has 0 radical (unpaired) electrons. The van der Waals surface area contributed by atoms with Gasteiger partial charge in [0, 0.05) is 31.3 Å². The van der Waals surface area contributed by atoms with Crippen LogP contribution in [0.5, 0.6) is 0 Å². The summed E-state index contributed by atoms with van der Waals surface area (Å²) in [5.74, 6) is -0.212. The largest absolute Gasteiger partial charge is 0.510 e. The molecule has 0 saturated carbocycles. The molecule has 0 bridgehead atoms. The van der Waals surface area contributed by atoms with Crippen molar-refractivity contribution in [2.75, 3.05) is 24.5 Å². The minimum Gasteiger partial charge on any atom is -0.510 e. The van der Waals surface area contributed by atoms with E-state index >= 15 is 0 Å². The molecular formula is C22H21N5O3S. The molecule has 0 aliphatic carbocycles. The Bertz CT molecular complexity index is 1180. The molecule has 2 aromatic carbocycles. The number of aliphatic hydroxyl groups is 1. The highest BCUT2D eigenvalue weighted by molar-refractivity contribution is 7.19. The highest BCUT2D eigenvalue weighted by Gasteiger charge is 2.31. The summed E-state index contributed by atoms with van der Waals surface area (Å²) in [5.41, 5.74) is 2.29. The predicted octanol–water partition coefficient (Wildman–Crippen LogP) is 2.93. The second-order valence-corrected chi connectivity index (χ2v) is 8.06. The lowest BCUT2D eigenvalue weighted by Crippen LogP contribution is -2.33. The van der Waals surface area contributed by atoms with E-state index in [4.69, 9.17) is 5.41 Å². The van der Waals surface area contributed by atoms with Crippen molar-refractivity contribution >= 4 is 50.5 Å². The number of hydrogen-bond donors (Lipinski definition) is 4. The van der Waals surface area contributed by atoms with Gasteiger partial charge >= 0.3 is 0 Å². The third-order valence-corrected chi connectivity index (χ3v) is 5.87. The highest BCUT2D eigenvalue weighted by Crippen LogP contribution is 2.35. The lowest BCUT2D eigenvalue weighted by Gasteiger charge is -2.19. The van der Waals surface area contributed by atoms with Crippen LogP contribution in [-0.2, 0) is 4.79 Å². The van der Waals surface area contributed by atoms with Crippen molar-refractivity contribution in [2.45, 2.75) is 6.92 Å². The maximum Gasteiger partial charge on any atom is 0.251 e. The molecule has 3 aromatic rings. The van der Waals surface area contributed by atoms with Gasteiger partial charge in [0.1, 0.15) is 16.6 Å². The van der Waals surface area contributed by atoms with Crippen LogP contribution in [0.4, 0.5) is 5.69 Å². The molecule has 8 nitrogen and oxygen atoms in total. The Balaban J connectivity index is 1.51. The third kappa shape index (κ3) is 4.26. The van der Waals surface area contributed by atoms with Crippen LogP contribution in [0.1, 0.15) is 22.3 Å². The van der Waals surface area contributed by atoms with E-state index in [0.29, 0.717) is 34.9 Å². The number of amidine groups is 1. The number of carbonyl (C=O) groups is 2. The van der Waals surface area contributed by atoms with Crippen LogP contribution in [0.25, 0.3) is 15.8 Å². The number of aromatic nitrogens is 1. The van der Waals surface area contributed by atoms with E-state index in [1.165, 1.54) is 18.3 Å². The smallest absolute Gasteiger partial charge is 0.251 e.